The van der Waals surface area contributed by atoms with E-state index in [-0.39, 0.29) is 51.8 Å². The number of piperidine rings is 1. The van der Waals surface area contributed by atoms with Crippen molar-refractivity contribution in [3.8, 4) is 16.9 Å². The molecule has 0 saturated carbocycles. The Labute approximate surface area is 219 Å². The molecule has 2 bridgehead atoms. The van der Waals surface area contributed by atoms with Crippen LogP contribution in [-0.4, -0.2) is 27.7 Å². The van der Waals surface area contributed by atoms with Gasteiger partial charge in [-0.1, -0.05) is 29.8 Å². The minimum Gasteiger partial charge on any atom is -0.507 e. The number of aromatic hydroxyl groups is 1. The quantitative estimate of drug-likeness (QED) is 0.364. The van der Waals surface area contributed by atoms with Gasteiger partial charge in [-0.15, -0.1) is 0 Å². The van der Waals surface area contributed by atoms with E-state index < -0.39 is 22.9 Å². The second kappa shape index (κ2) is 9.03. The van der Waals surface area contributed by atoms with Crippen LogP contribution < -0.4 is 11.0 Å². The largest absolute Gasteiger partial charge is 0.507 e. The Morgan fingerprint density at radius 2 is 1.76 bits per heavy atom. The molecule has 0 aliphatic carbocycles. The first-order valence-corrected chi connectivity index (χ1v) is 12.5. The lowest BCUT2D eigenvalue weighted by Gasteiger charge is -2.42. The van der Waals surface area contributed by atoms with Crippen molar-refractivity contribution in [2.45, 2.75) is 31.6 Å². The predicted molar refractivity (Wildman–Crippen MR) is 136 cm³/mol. The molecule has 1 saturated heterocycles. The van der Waals surface area contributed by atoms with Gasteiger partial charge in [-0.05, 0) is 48.2 Å². The van der Waals surface area contributed by atoms with E-state index in [1.807, 2.05) is 11.0 Å². The van der Waals surface area contributed by atoms with Crippen molar-refractivity contribution in [3.05, 3.63) is 97.2 Å². The van der Waals surface area contributed by atoms with Crippen molar-refractivity contribution >= 4 is 22.6 Å². The van der Waals surface area contributed by atoms with E-state index in [4.69, 9.17) is 16.0 Å². The highest BCUT2D eigenvalue weighted by Crippen LogP contribution is 2.41. The molecule has 4 heterocycles. The second-order valence-corrected chi connectivity index (χ2v) is 10.4. The van der Waals surface area contributed by atoms with Crippen LogP contribution >= 0.6 is 11.6 Å². The summed E-state index contributed by atoms with van der Waals surface area (Å²) in [6.07, 6.45) is -4.05. The van der Waals surface area contributed by atoms with Crippen molar-refractivity contribution in [3.63, 3.8) is 0 Å². The van der Waals surface area contributed by atoms with Crippen molar-refractivity contribution < 1.29 is 22.7 Å². The number of hydrogen-bond acceptors (Lipinski definition) is 5. The van der Waals surface area contributed by atoms with Crippen LogP contribution in [-0.2, 0) is 19.3 Å². The SMILES string of the molecule is O=c1c(-c2ccc(Cl)cc2)c(C(F)(F)F)oc2c(CN3C[C@H]4C[C@@H](C3)c3cccc(=O)n3C4)c(O)ccc12. The first-order valence-electron chi connectivity index (χ1n) is 12.2. The molecule has 196 valence electrons. The third-order valence-electron chi connectivity index (χ3n) is 7.47. The highest BCUT2D eigenvalue weighted by molar-refractivity contribution is 6.30. The molecule has 0 amide bonds. The number of halogens is 4. The number of pyridine rings is 1. The zero-order chi connectivity index (χ0) is 26.8. The maximum atomic E-state index is 14.2. The average Bonchev–Trinajstić information content (AvgIpc) is 2.86. The summed E-state index contributed by atoms with van der Waals surface area (Å²) in [5, 5.41) is 11.0. The fraction of sp³-hybridized carbons (Fsp3) is 0.286. The molecule has 6 rings (SSSR count). The van der Waals surface area contributed by atoms with Gasteiger partial charge in [-0.2, -0.15) is 13.2 Å². The normalized spacial score (nSPS) is 19.5. The van der Waals surface area contributed by atoms with Gasteiger partial charge in [0.05, 0.1) is 16.5 Å². The number of aromatic nitrogens is 1. The van der Waals surface area contributed by atoms with Gasteiger partial charge in [0.25, 0.3) is 5.56 Å². The van der Waals surface area contributed by atoms with Crippen molar-refractivity contribution in [1.29, 1.82) is 0 Å². The molecule has 38 heavy (non-hydrogen) atoms. The van der Waals surface area contributed by atoms with Crippen molar-refractivity contribution in [1.82, 2.24) is 9.47 Å². The first kappa shape index (κ1) is 24.8. The fourth-order valence-electron chi connectivity index (χ4n) is 5.88. The Balaban J connectivity index is 1.44. The molecule has 4 aromatic rings. The van der Waals surface area contributed by atoms with Crippen molar-refractivity contribution in [2.24, 2.45) is 5.92 Å². The summed E-state index contributed by atoms with van der Waals surface area (Å²) >= 11 is 5.89. The average molecular weight is 543 g/mol. The van der Waals surface area contributed by atoms with Crippen LogP contribution in [0.5, 0.6) is 5.75 Å². The highest BCUT2D eigenvalue weighted by Gasteiger charge is 2.40. The topological polar surface area (TPSA) is 75.7 Å². The number of alkyl halides is 3. The molecule has 2 aromatic carbocycles. The summed E-state index contributed by atoms with van der Waals surface area (Å²) in [5.41, 5.74) is -0.691. The number of benzene rings is 2. The van der Waals surface area contributed by atoms with Gasteiger partial charge in [0.2, 0.25) is 11.2 Å². The van der Waals surface area contributed by atoms with Crippen LogP contribution in [0.3, 0.4) is 0 Å². The molecule has 2 aliphatic rings. The minimum atomic E-state index is -4.95. The van der Waals surface area contributed by atoms with Crippen LogP contribution in [0.2, 0.25) is 5.02 Å². The lowest BCUT2D eigenvalue weighted by molar-refractivity contribution is -0.152. The third-order valence-corrected chi connectivity index (χ3v) is 7.72. The Hall–Kier alpha value is -3.56. The van der Waals surface area contributed by atoms with E-state index in [2.05, 4.69) is 0 Å². The zero-order valence-electron chi connectivity index (χ0n) is 20.0. The maximum Gasteiger partial charge on any atom is 0.450 e. The van der Waals surface area contributed by atoms with E-state index in [1.165, 1.54) is 42.5 Å². The summed E-state index contributed by atoms with van der Waals surface area (Å²) in [4.78, 5) is 27.8. The van der Waals surface area contributed by atoms with Gasteiger partial charge >= 0.3 is 6.18 Å². The number of phenolic OH excluding ortho intramolecular Hbond substituents is 1. The molecule has 10 heteroatoms. The van der Waals surface area contributed by atoms with Gasteiger partial charge in [-0.25, -0.2) is 0 Å². The number of phenols is 1. The van der Waals surface area contributed by atoms with Crippen LogP contribution in [0, 0.1) is 5.92 Å². The van der Waals surface area contributed by atoms with Gasteiger partial charge in [0.1, 0.15) is 11.3 Å². The monoisotopic (exact) mass is 542 g/mol. The first-order chi connectivity index (χ1) is 18.1. The molecule has 2 aromatic heterocycles. The Morgan fingerprint density at radius 1 is 1.00 bits per heavy atom. The Morgan fingerprint density at radius 3 is 2.50 bits per heavy atom. The standard InChI is InChI=1S/C28H22ClF3N2O4/c29-18-6-4-16(5-7-18)24-25(37)19-8-9-22(35)20(26(19)38-27(24)28(30,31)32)14-33-11-15-10-17(13-33)21-2-1-3-23(36)34(21)12-15/h1-9,15,17,35H,10-14H2/t15-,17+/m1/s1. The zero-order valence-corrected chi connectivity index (χ0v) is 20.7. The maximum absolute atomic E-state index is 14.2. The second-order valence-electron chi connectivity index (χ2n) is 9.97. The molecule has 0 unspecified atom stereocenters. The van der Waals surface area contributed by atoms with E-state index in [1.54, 1.807) is 10.6 Å². The van der Waals surface area contributed by atoms with Crippen molar-refractivity contribution in [2.75, 3.05) is 13.1 Å². The number of fused-ring (bicyclic) bond motifs is 5. The van der Waals surface area contributed by atoms with E-state index >= 15 is 0 Å². The minimum absolute atomic E-state index is 0.0322. The number of hydrogen-bond donors (Lipinski definition) is 1. The van der Waals surface area contributed by atoms with Crippen LogP contribution in [0.15, 0.2) is 68.6 Å². The van der Waals surface area contributed by atoms with E-state index in [9.17, 15) is 27.9 Å². The lowest BCUT2D eigenvalue weighted by Crippen LogP contribution is -2.46. The summed E-state index contributed by atoms with van der Waals surface area (Å²) in [6.45, 7) is 1.79. The smallest absolute Gasteiger partial charge is 0.450 e. The molecular formula is C28H22ClF3N2O4. The van der Waals surface area contributed by atoms with E-state index in [0.29, 0.717) is 24.7 Å². The number of nitrogens with zero attached hydrogens (tertiary/aromatic N) is 2. The van der Waals surface area contributed by atoms with Gasteiger partial charge in [0, 0.05) is 48.9 Å². The predicted octanol–water partition coefficient (Wildman–Crippen LogP) is 5.62. The third kappa shape index (κ3) is 4.19. The molecule has 0 radical (unpaired) electrons. The summed E-state index contributed by atoms with van der Waals surface area (Å²) in [7, 11) is 0. The molecule has 2 atom stereocenters. The number of likely N-dealkylation sites (tertiary alicyclic amines) is 1. The van der Waals surface area contributed by atoms with Gasteiger partial charge in [-0.3, -0.25) is 14.5 Å². The van der Waals surface area contributed by atoms with Gasteiger partial charge < -0.3 is 14.1 Å². The highest BCUT2D eigenvalue weighted by atomic mass is 35.5. The van der Waals surface area contributed by atoms with E-state index in [0.717, 1.165) is 12.1 Å². The summed E-state index contributed by atoms with van der Waals surface area (Å²) in [5.74, 6) is -1.43. The fourth-order valence-corrected chi connectivity index (χ4v) is 6.01. The number of rotatable bonds is 3. The Bertz CT molecular complexity index is 1680. The molecule has 6 nitrogen and oxygen atoms in total. The molecule has 1 fully saturated rings. The van der Waals surface area contributed by atoms with Crippen LogP contribution in [0.1, 0.15) is 29.4 Å². The Kier molecular flexibility index (Phi) is 5.88. The molecule has 0 spiro atoms. The molecular weight excluding hydrogens is 521 g/mol. The summed E-state index contributed by atoms with van der Waals surface area (Å²) in [6, 6.07) is 13.3. The lowest BCUT2D eigenvalue weighted by atomic mass is 9.83. The van der Waals surface area contributed by atoms with Crippen LogP contribution in [0.4, 0.5) is 13.2 Å². The van der Waals surface area contributed by atoms with Gasteiger partial charge in [0.15, 0.2) is 0 Å². The molecule has 2 aliphatic heterocycles. The van der Waals surface area contributed by atoms with Crippen LogP contribution in [0.25, 0.3) is 22.1 Å². The molecule has 1 N–H and O–H groups in total. The summed E-state index contributed by atoms with van der Waals surface area (Å²) < 4.78 is 49.8.